The number of aliphatic hydroxyl groups excluding tert-OH is 20. The van der Waals surface area contributed by atoms with Gasteiger partial charge in [-0.25, -0.2) is 0 Å². The number of hydrogen-bond acceptors (Lipinski definition) is 34. The molecule has 0 aromatic rings. The fourth-order valence-electron chi connectivity index (χ4n) is 13.6. The molecule has 30 atom stereocenters. The van der Waals surface area contributed by atoms with Crippen LogP contribution in [0.1, 0.15) is 180 Å². The summed E-state index contributed by atoms with van der Waals surface area (Å²) >= 11 is 0. The highest BCUT2D eigenvalue weighted by molar-refractivity contribution is 8.76. The first-order chi connectivity index (χ1) is 49.3. The molecule has 0 aromatic carbocycles. The Morgan fingerprint density at radius 3 is 0.618 bits per heavy atom. The summed E-state index contributed by atoms with van der Waals surface area (Å²) < 4.78 is 67.6. The molecule has 6 heterocycles. The maximum absolute atomic E-state index is 11.0. The zero-order valence-corrected chi connectivity index (χ0v) is 60.5. The molecule has 0 unspecified atom stereocenters. The van der Waals surface area contributed by atoms with Gasteiger partial charge in [-0.1, -0.05) is 176 Å². The lowest BCUT2D eigenvalue weighted by molar-refractivity contribution is -0.379. The van der Waals surface area contributed by atoms with Gasteiger partial charge < -0.3 is 159 Å². The Labute approximate surface area is 606 Å². The molecule has 32 nitrogen and oxygen atoms in total. The quantitative estimate of drug-likeness (QED) is 0.0236. The number of unbranched alkanes of at least 4 members (excludes halogenated alkanes) is 26. The molecule has 0 bridgehead atoms. The normalized spacial score (nSPS) is 39.2. The topological polar surface area (TPSA) is 515 Å². The van der Waals surface area contributed by atoms with Crippen molar-refractivity contribution in [3.63, 3.8) is 0 Å². The molecular weight excluding hydrogens is 1390 g/mol. The van der Waals surface area contributed by atoms with Gasteiger partial charge in [0.2, 0.25) is 0 Å². The summed E-state index contributed by atoms with van der Waals surface area (Å²) in [5.41, 5.74) is 0. The Morgan fingerprint density at radius 1 is 0.196 bits per heavy atom. The standard InChI is InChI=1S/C68H126O32S2/c69-33-39-45(75)47(77)53(83)65(91-39)97-61-43(37-73)95-67(57(87)51(61)81)99-59-41(35-71)93-63(55(85)49(59)79)89-29-25-21-17-13-9-5-1-3-7-11-15-19-23-27-31-101-102-32-28-24-20-16-12-8-4-2-6-10-14-18-22-26-30-90-64-56(86)50(80)60(42(36-72)94-64)100-68-58(88)52(82)62(44(38-74)96-68)98-66-54(84)48(78)46(76)40(34-70)92-66/h39-88H,1-38H2/t39-,40-,41-,42-,43-,44-,45+,46+,47+,48+,49-,50-,51-,52-,53-,54-,55-,56-,57-,58-,59-,60-,61+,62+,63-,64-,65-,66-,67+,68+/m1/s1. The molecule has 0 saturated carbocycles. The van der Waals surface area contributed by atoms with Crippen LogP contribution in [0.25, 0.3) is 0 Å². The van der Waals surface area contributed by atoms with Crippen molar-refractivity contribution >= 4 is 21.6 Å². The molecule has 6 saturated heterocycles. The van der Waals surface area contributed by atoms with Crippen molar-refractivity contribution in [3.8, 4) is 0 Å². The summed E-state index contributed by atoms with van der Waals surface area (Å²) in [6.45, 7) is -4.02. The van der Waals surface area contributed by atoms with E-state index in [0.29, 0.717) is 12.8 Å². The fraction of sp³-hybridized carbons (Fsp3) is 1.00. The van der Waals surface area contributed by atoms with Crippen molar-refractivity contribution < 1.29 is 159 Å². The average Bonchev–Trinajstić information content (AvgIpc) is 0.785. The molecule has 6 aliphatic rings. The van der Waals surface area contributed by atoms with Gasteiger partial charge in [0.15, 0.2) is 37.7 Å². The first-order valence-electron chi connectivity index (χ1n) is 37.5. The largest absolute Gasteiger partial charge is 0.394 e. The van der Waals surface area contributed by atoms with Gasteiger partial charge >= 0.3 is 0 Å². The zero-order chi connectivity index (χ0) is 74.1. The van der Waals surface area contributed by atoms with E-state index in [9.17, 15) is 102 Å². The minimum Gasteiger partial charge on any atom is -0.394 e. The molecule has 0 amide bonds. The molecule has 0 aromatic heterocycles. The molecule has 6 aliphatic heterocycles. The Balaban J connectivity index is 0.651. The maximum atomic E-state index is 11.0. The second-order valence-corrected chi connectivity index (χ2v) is 30.6. The lowest BCUT2D eigenvalue weighted by Crippen LogP contribution is -2.66. The highest BCUT2D eigenvalue weighted by Gasteiger charge is 2.56. The van der Waals surface area contributed by atoms with E-state index in [1.165, 1.54) is 127 Å². The minimum atomic E-state index is -1.91. The highest BCUT2D eigenvalue weighted by atomic mass is 33.1. The average molecular weight is 1520 g/mol. The third kappa shape index (κ3) is 27.7. The predicted molar refractivity (Wildman–Crippen MR) is 364 cm³/mol. The Hall–Kier alpha value is -0.580. The van der Waals surface area contributed by atoms with Gasteiger partial charge in [0.05, 0.1) is 39.6 Å². The van der Waals surface area contributed by atoms with Crippen LogP contribution in [0.5, 0.6) is 0 Å². The Bertz CT molecular complexity index is 1980. The predicted octanol–water partition coefficient (Wildman–Crippen LogP) is -1.78. The van der Waals surface area contributed by atoms with E-state index in [1.54, 1.807) is 0 Å². The van der Waals surface area contributed by atoms with E-state index in [1.807, 2.05) is 21.6 Å². The van der Waals surface area contributed by atoms with Gasteiger partial charge in [-0.2, -0.15) is 0 Å². The van der Waals surface area contributed by atoms with Gasteiger partial charge in [-0.15, -0.1) is 0 Å². The number of aliphatic hydroxyl groups is 20. The van der Waals surface area contributed by atoms with Gasteiger partial charge in [0.1, 0.15) is 146 Å². The van der Waals surface area contributed by atoms with Gasteiger partial charge in [-0.3, -0.25) is 0 Å². The highest BCUT2D eigenvalue weighted by Crippen LogP contribution is 2.36. The maximum Gasteiger partial charge on any atom is 0.187 e. The van der Waals surface area contributed by atoms with Crippen LogP contribution in [0.15, 0.2) is 0 Å². The van der Waals surface area contributed by atoms with Crippen LogP contribution in [-0.4, -0.2) is 351 Å². The van der Waals surface area contributed by atoms with E-state index in [0.717, 1.165) is 51.4 Å². The molecule has 6 rings (SSSR count). The van der Waals surface area contributed by atoms with Crippen LogP contribution in [0, 0.1) is 0 Å². The summed E-state index contributed by atoms with van der Waals surface area (Å²) in [5, 5.41) is 208. The van der Waals surface area contributed by atoms with Gasteiger partial charge in [0, 0.05) is 24.7 Å². The zero-order valence-electron chi connectivity index (χ0n) is 58.9. The van der Waals surface area contributed by atoms with Crippen LogP contribution in [0.4, 0.5) is 0 Å². The van der Waals surface area contributed by atoms with E-state index in [2.05, 4.69) is 0 Å². The molecule has 34 heteroatoms. The summed E-state index contributed by atoms with van der Waals surface area (Å²) in [6, 6.07) is 0. The number of hydrogen-bond donors (Lipinski definition) is 20. The van der Waals surface area contributed by atoms with Crippen LogP contribution < -0.4 is 0 Å². The van der Waals surface area contributed by atoms with E-state index in [-0.39, 0.29) is 13.2 Å². The molecular formula is C68H126O32S2. The van der Waals surface area contributed by atoms with Crippen molar-refractivity contribution in [3.05, 3.63) is 0 Å². The van der Waals surface area contributed by atoms with E-state index >= 15 is 0 Å². The Morgan fingerprint density at radius 2 is 0.382 bits per heavy atom. The molecule has 602 valence electrons. The third-order valence-electron chi connectivity index (χ3n) is 20.0. The van der Waals surface area contributed by atoms with Gasteiger partial charge in [0.25, 0.3) is 0 Å². The molecule has 0 aliphatic carbocycles. The molecule has 6 fully saturated rings. The minimum absolute atomic E-state index is 0.235. The van der Waals surface area contributed by atoms with Crippen LogP contribution in [-0.2, 0) is 56.8 Å². The number of ether oxygens (including phenoxy) is 12. The summed E-state index contributed by atoms with van der Waals surface area (Å²) in [4.78, 5) is 0. The monoisotopic (exact) mass is 1520 g/mol. The third-order valence-corrected chi connectivity index (χ3v) is 22.6. The van der Waals surface area contributed by atoms with Crippen LogP contribution in [0.2, 0.25) is 0 Å². The van der Waals surface area contributed by atoms with Crippen LogP contribution >= 0.6 is 21.6 Å². The van der Waals surface area contributed by atoms with E-state index < -0.39 is 224 Å². The van der Waals surface area contributed by atoms with Crippen molar-refractivity contribution in [1.82, 2.24) is 0 Å². The van der Waals surface area contributed by atoms with Crippen molar-refractivity contribution in [2.24, 2.45) is 0 Å². The lowest BCUT2D eigenvalue weighted by Gasteiger charge is -2.48. The van der Waals surface area contributed by atoms with E-state index in [4.69, 9.17) is 56.8 Å². The summed E-state index contributed by atoms with van der Waals surface area (Å²) in [7, 11) is 4.04. The van der Waals surface area contributed by atoms with Crippen molar-refractivity contribution in [2.45, 2.75) is 364 Å². The van der Waals surface area contributed by atoms with Crippen molar-refractivity contribution in [1.29, 1.82) is 0 Å². The molecule has 20 N–H and O–H groups in total. The first-order valence-corrected chi connectivity index (χ1v) is 40.0. The molecule has 102 heavy (non-hydrogen) atoms. The Kier molecular flexibility index (Phi) is 43.9. The van der Waals surface area contributed by atoms with Crippen molar-refractivity contribution in [2.75, 3.05) is 64.4 Å². The summed E-state index contributed by atoms with van der Waals surface area (Å²) in [5.74, 6) is 2.44. The first kappa shape index (κ1) is 90.3. The van der Waals surface area contributed by atoms with Crippen LogP contribution in [0.3, 0.4) is 0 Å². The van der Waals surface area contributed by atoms with Gasteiger partial charge in [-0.05, 0) is 25.7 Å². The molecule has 0 spiro atoms. The second kappa shape index (κ2) is 49.6. The SMILES string of the molecule is OC[C@H]1O[C@H](O[C@@H]2[C@H](O)[C@@H](O)[C@H](O[C@H]3[C@H](O)[C@@H](O)[C@H](OCCCCCCCCCCCCCCCCSSCCCCCCCCCCCCCCCCO[C@@H]4O[C@H](CO)[C@@H](O[C@@H]5O[C@H](CO)[C@H](O[C@H]6O[C@H](CO)[C@H](O)[C@H](O)[C@H]6O)[C@H](O)[C@H]5O)[C@H](O)[C@H]4O)O[C@@H]3CO)O[C@@H]2CO)[C@H](O)[C@@H](O)[C@H]1O. The molecule has 0 radical (unpaired) electrons. The smallest absolute Gasteiger partial charge is 0.187 e. The second-order valence-electron chi connectivity index (χ2n) is 27.9. The summed E-state index contributed by atoms with van der Waals surface area (Å²) in [6.07, 6.45) is -15.8. The lowest BCUT2D eigenvalue weighted by atomic mass is 9.96. The number of rotatable bonds is 51. The fourth-order valence-corrected chi connectivity index (χ4v) is 15.9.